The highest BCUT2D eigenvalue weighted by atomic mass is 16.3. The fourth-order valence-electron chi connectivity index (χ4n) is 3.82. The van der Waals surface area contributed by atoms with Gasteiger partial charge in [-0.05, 0) is 38.5 Å². The van der Waals surface area contributed by atoms with E-state index in [4.69, 9.17) is 4.42 Å². The monoisotopic (exact) mass is 383 g/mol. The van der Waals surface area contributed by atoms with Crippen LogP contribution in [0.25, 0.3) is 5.65 Å². The molecule has 0 radical (unpaired) electrons. The molecule has 1 saturated heterocycles. The van der Waals surface area contributed by atoms with Crippen LogP contribution in [-0.2, 0) is 6.54 Å². The lowest BCUT2D eigenvalue weighted by molar-refractivity contribution is 0.0369. The number of amides is 1. The first-order chi connectivity index (χ1) is 13.5. The summed E-state index contributed by atoms with van der Waals surface area (Å²) >= 11 is 0. The van der Waals surface area contributed by atoms with Crippen LogP contribution < -0.4 is 0 Å². The number of aliphatic hydroxyl groups excluding tert-OH is 1. The van der Waals surface area contributed by atoms with Gasteiger partial charge in [0.05, 0.1) is 18.5 Å². The molecule has 1 unspecified atom stereocenters. The predicted octanol–water partition coefficient (Wildman–Crippen LogP) is 1.65. The summed E-state index contributed by atoms with van der Waals surface area (Å²) in [6, 6.07) is 7.56. The third kappa shape index (κ3) is 3.65. The van der Waals surface area contributed by atoms with Crippen molar-refractivity contribution < 1.29 is 14.3 Å². The Labute approximate surface area is 163 Å². The van der Waals surface area contributed by atoms with Gasteiger partial charge in [0.25, 0.3) is 5.91 Å². The highest BCUT2D eigenvalue weighted by molar-refractivity contribution is 5.93. The second-order valence-corrected chi connectivity index (χ2v) is 7.31. The van der Waals surface area contributed by atoms with E-state index in [0.29, 0.717) is 37.4 Å². The van der Waals surface area contributed by atoms with E-state index in [1.54, 1.807) is 16.8 Å². The van der Waals surface area contributed by atoms with E-state index in [1.807, 2.05) is 36.9 Å². The zero-order chi connectivity index (χ0) is 19.7. The van der Waals surface area contributed by atoms with Gasteiger partial charge in [-0.15, -0.1) is 0 Å². The highest BCUT2D eigenvalue weighted by Crippen LogP contribution is 2.19. The standard InChI is InChI=1S/C20H25N5O3/c1-14-10-19-21-18(11-15(2)25(19)22-14)20(27)24-7-6-23(16(12-24)5-8-26)13-17-4-3-9-28-17/h3-4,9-11,16,26H,5-8,12-13H2,1-2H3. The number of furan rings is 1. The van der Waals surface area contributed by atoms with Crippen molar-refractivity contribution in [3.8, 4) is 0 Å². The summed E-state index contributed by atoms with van der Waals surface area (Å²) in [6.45, 7) is 6.50. The van der Waals surface area contributed by atoms with Gasteiger partial charge in [-0.2, -0.15) is 5.10 Å². The Morgan fingerprint density at radius 3 is 2.93 bits per heavy atom. The smallest absolute Gasteiger partial charge is 0.272 e. The van der Waals surface area contributed by atoms with E-state index >= 15 is 0 Å². The van der Waals surface area contributed by atoms with Crippen LogP contribution >= 0.6 is 0 Å². The number of hydrogen-bond acceptors (Lipinski definition) is 6. The second kappa shape index (κ2) is 7.73. The molecular formula is C20H25N5O3. The van der Waals surface area contributed by atoms with Crippen molar-refractivity contribution in [1.82, 2.24) is 24.4 Å². The summed E-state index contributed by atoms with van der Waals surface area (Å²) in [4.78, 5) is 21.7. The molecule has 4 heterocycles. The lowest BCUT2D eigenvalue weighted by Crippen LogP contribution is -2.54. The minimum Gasteiger partial charge on any atom is -0.468 e. The third-order valence-electron chi connectivity index (χ3n) is 5.24. The molecule has 0 aromatic carbocycles. The molecule has 1 fully saturated rings. The van der Waals surface area contributed by atoms with Gasteiger partial charge < -0.3 is 14.4 Å². The average molecular weight is 383 g/mol. The van der Waals surface area contributed by atoms with Gasteiger partial charge in [0.15, 0.2) is 5.65 Å². The van der Waals surface area contributed by atoms with E-state index in [9.17, 15) is 9.90 Å². The Hall–Kier alpha value is -2.71. The van der Waals surface area contributed by atoms with Gasteiger partial charge in [-0.1, -0.05) is 0 Å². The van der Waals surface area contributed by atoms with Crippen LogP contribution in [0.1, 0.15) is 34.1 Å². The molecule has 28 heavy (non-hydrogen) atoms. The number of carbonyl (C=O) groups excluding carboxylic acids is 1. The molecule has 1 aliphatic rings. The largest absolute Gasteiger partial charge is 0.468 e. The van der Waals surface area contributed by atoms with Crippen LogP contribution in [0.5, 0.6) is 0 Å². The maximum atomic E-state index is 13.1. The van der Waals surface area contributed by atoms with Crippen LogP contribution in [0.15, 0.2) is 34.9 Å². The molecule has 1 N–H and O–H groups in total. The lowest BCUT2D eigenvalue weighted by atomic mass is 10.1. The maximum Gasteiger partial charge on any atom is 0.272 e. The number of fused-ring (bicyclic) bond motifs is 1. The lowest BCUT2D eigenvalue weighted by Gasteiger charge is -2.41. The van der Waals surface area contributed by atoms with E-state index in [1.165, 1.54) is 0 Å². The number of aliphatic hydroxyl groups is 1. The first-order valence-electron chi connectivity index (χ1n) is 9.56. The van der Waals surface area contributed by atoms with Crippen LogP contribution in [0.2, 0.25) is 0 Å². The normalized spacial score (nSPS) is 18.1. The molecule has 8 nitrogen and oxygen atoms in total. The molecule has 0 spiro atoms. The third-order valence-corrected chi connectivity index (χ3v) is 5.24. The molecule has 1 atom stereocenters. The van der Waals surface area contributed by atoms with Crippen molar-refractivity contribution in [2.24, 2.45) is 0 Å². The molecule has 8 heteroatoms. The summed E-state index contributed by atoms with van der Waals surface area (Å²) < 4.78 is 7.21. The zero-order valence-electron chi connectivity index (χ0n) is 16.2. The van der Waals surface area contributed by atoms with Crippen LogP contribution in [0, 0.1) is 13.8 Å². The molecule has 0 saturated carbocycles. The number of carbonyl (C=O) groups is 1. The first-order valence-corrected chi connectivity index (χ1v) is 9.56. The summed E-state index contributed by atoms with van der Waals surface area (Å²) in [5.41, 5.74) is 2.87. The summed E-state index contributed by atoms with van der Waals surface area (Å²) in [7, 11) is 0. The molecule has 0 aliphatic carbocycles. The van der Waals surface area contributed by atoms with E-state index in [0.717, 1.165) is 23.7 Å². The topological polar surface area (TPSA) is 87.1 Å². The Balaban J connectivity index is 1.52. The predicted molar refractivity (Wildman–Crippen MR) is 103 cm³/mol. The fourth-order valence-corrected chi connectivity index (χ4v) is 3.82. The number of hydrogen-bond donors (Lipinski definition) is 1. The van der Waals surface area contributed by atoms with Crippen molar-refractivity contribution in [3.05, 3.63) is 53.4 Å². The second-order valence-electron chi connectivity index (χ2n) is 7.31. The van der Waals surface area contributed by atoms with Gasteiger partial charge in [-0.25, -0.2) is 9.50 Å². The summed E-state index contributed by atoms with van der Waals surface area (Å²) in [5, 5.41) is 13.9. The van der Waals surface area contributed by atoms with Crippen molar-refractivity contribution >= 4 is 11.6 Å². The SMILES string of the molecule is Cc1cc2nc(C(=O)N3CCN(Cc4ccco4)C(CCO)C3)cc(C)n2n1. The molecule has 1 amide bonds. The number of nitrogens with zero attached hydrogens (tertiary/aromatic N) is 5. The van der Waals surface area contributed by atoms with E-state index in [2.05, 4.69) is 15.0 Å². The van der Waals surface area contributed by atoms with Gasteiger partial charge in [-0.3, -0.25) is 9.69 Å². The molecule has 4 rings (SSSR count). The van der Waals surface area contributed by atoms with E-state index in [-0.39, 0.29) is 18.6 Å². The Bertz CT molecular complexity index is 966. The molecule has 3 aromatic heterocycles. The van der Waals surface area contributed by atoms with Gasteiger partial charge in [0.1, 0.15) is 11.5 Å². The van der Waals surface area contributed by atoms with Crippen molar-refractivity contribution in [3.63, 3.8) is 0 Å². The Morgan fingerprint density at radius 2 is 2.18 bits per heavy atom. The first kappa shape index (κ1) is 18.6. The molecular weight excluding hydrogens is 358 g/mol. The van der Waals surface area contributed by atoms with Crippen molar-refractivity contribution in [1.29, 1.82) is 0 Å². The Kier molecular flexibility index (Phi) is 5.15. The molecule has 3 aromatic rings. The van der Waals surface area contributed by atoms with Gasteiger partial charge >= 0.3 is 0 Å². The molecule has 148 valence electrons. The molecule has 1 aliphatic heterocycles. The quantitative estimate of drug-likeness (QED) is 0.721. The highest BCUT2D eigenvalue weighted by Gasteiger charge is 2.31. The number of rotatable bonds is 5. The zero-order valence-corrected chi connectivity index (χ0v) is 16.2. The van der Waals surface area contributed by atoms with Crippen LogP contribution in [0.4, 0.5) is 0 Å². The maximum absolute atomic E-state index is 13.1. The van der Waals surface area contributed by atoms with Crippen molar-refractivity contribution in [2.45, 2.75) is 32.9 Å². The van der Waals surface area contributed by atoms with Crippen LogP contribution in [0.3, 0.4) is 0 Å². The van der Waals surface area contributed by atoms with Crippen LogP contribution in [-0.4, -0.2) is 67.7 Å². The summed E-state index contributed by atoms with van der Waals surface area (Å²) in [6.07, 6.45) is 2.27. The average Bonchev–Trinajstić information content (AvgIpc) is 3.31. The number of piperazine rings is 1. The minimum absolute atomic E-state index is 0.0786. The van der Waals surface area contributed by atoms with Crippen molar-refractivity contribution in [2.75, 3.05) is 26.2 Å². The van der Waals surface area contributed by atoms with Gasteiger partial charge in [0.2, 0.25) is 0 Å². The minimum atomic E-state index is -0.0787. The van der Waals surface area contributed by atoms with E-state index < -0.39 is 0 Å². The number of aromatic nitrogens is 3. The Morgan fingerprint density at radius 1 is 1.32 bits per heavy atom. The number of aryl methyl sites for hydroxylation is 2. The summed E-state index contributed by atoms with van der Waals surface area (Å²) in [5.74, 6) is 0.812. The fraction of sp³-hybridized carbons (Fsp3) is 0.450. The molecule has 0 bridgehead atoms. The van der Waals surface area contributed by atoms with Gasteiger partial charge in [0, 0.05) is 44.0 Å².